The van der Waals surface area contributed by atoms with Gasteiger partial charge in [-0.1, -0.05) is 0 Å². The van der Waals surface area contributed by atoms with Crippen LogP contribution in [-0.2, 0) is 0 Å². The highest BCUT2D eigenvalue weighted by atomic mass is 79.9. The molecular formula is C3H3BrNS. The molecule has 0 aromatic carbocycles. The van der Waals surface area contributed by atoms with Crippen molar-refractivity contribution in [2.24, 2.45) is 0 Å². The van der Waals surface area contributed by atoms with Crippen molar-refractivity contribution < 1.29 is 0 Å². The van der Waals surface area contributed by atoms with E-state index in [4.69, 9.17) is 0 Å². The van der Waals surface area contributed by atoms with E-state index >= 15 is 0 Å². The summed E-state index contributed by atoms with van der Waals surface area (Å²) < 4.78 is 5.08. The molecule has 0 saturated carbocycles. The van der Waals surface area contributed by atoms with E-state index in [9.17, 15) is 0 Å². The lowest BCUT2D eigenvalue weighted by Gasteiger charge is -1.77. The summed E-state index contributed by atoms with van der Waals surface area (Å²) in [5.74, 6) is 0. The zero-order valence-electron chi connectivity index (χ0n) is 3.02. The van der Waals surface area contributed by atoms with Gasteiger partial charge in [0.25, 0.3) is 0 Å². The first-order chi connectivity index (χ1) is 2.89. The third-order valence-corrected chi connectivity index (χ3v) is 1.86. The van der Waals surface area contributed by atoms with E-state index in [1.54, 1.807) is 0 Å². The maximum absolute atomic E-state index is 3.94. The van der Waals surface area contributed by atoms with Crippen molar-refractivity contribution >= 4 is 27.9 Å². The smallest absolute Gasteiger partial charge is 0.0645 e. The molecule has 1 radical (unpaired) electrons. The molecule has 6 heavy (non-hydrogen) atoms. The molecule has 0 bridgehead atoms. The summed E-state index contributed by atoms with van der Waals surface area (Å²) in [5, 5.41) is 0. The summed E-state index contributed by atoms with van der Waals surface area (Å²) in [4.78, 5) is 0. The van der Waals surface area contributed by atoms with Crippen LogP contribution in [0.3, 0.4) is 0 Å². The van der Waals surface area contributed by atoms with Crippen molar-refractivity contribution in [1.82, 2.24) is 4.72 Å². The molecule has 0 fully saturated rings. The summed E-state index contributed by atoms with van der Waals surface area (Å²) in [7, 11) is 0. The molecular weight excluding hydrogens is 162 g/mol. The Bertz CT molecular complexity index is 80.9. The quantitative estimate of drug-likeness (QED) is 0.496. The number of hydrogen-bond acceptors (Lipinski definition) is 1. The predicted octanol–water partition coefficient (Wildman–Crippen LogP) is 1.49. The molecule has 33 valence electrons. The van der Waals surface area contributed by atoms with Crippen LogP contribution in [0.15, 0.2) is 9.89 Å². The van der Waals surface area contributed by atoms with Gasteiger partial charge >= 0.3 is 0 Å². The lowest BCUT2D eigenvalue weighted by molar-refractivity contribution is 1.14. The minimum absolute atomic E-state index is 0.866. The Morgan fingerprint density at radius 2 is 2.83 bits per heavy atom. The van der Waals surface area contributed by atoms with Crippen LogP contribution >= 0.6 is 27.9 Å². The fourth-order valence-electron chi connectivity index (χ4n) is 0.245. The molecule has 0 saturated heterocycles. The largest absolute Gasteiger partial charge is 0.166 e. The van der Waals surface area contributed by atoms with Gasteiger partial charge in [0.15, 0.2) is 0 Å². The van der Waals surface area contributed by atoms with Gasteiger partial charge in [-0.3, -0.25) is 0 Å². The monoisotopic (exact) mass is 164 g/mol. The van der Waals surface area contributed by atoms with Gasteiger partial charge in [-0.2, -0.15) is 4.72 Å². The van der Waals surface area contributed by atoms with Crippen LogP contribution < -0.4 is 4.72 Å². The van der Waals surface area contributed by atoms with Crippen LogP contribution in [0.4, 0.5) is 0 Å². The van der Waals surface area contributed by atoms with Gasteiger partial charge in [0.05, 0.1) is 3.81 Å². The number of halogens is 1. The molecule has 0 aromatic heterocycles. The molecule has 0 aromatic rings. The molecule has 1 aliphatic heterocycles. The lowest BCUT2D eigenvalue weighted by Crippen LogP contribution is -1.81. The number of nitrogens with zero attached hydrogens (tertiary/aromatic N) is 1. The van der Waals surface area contributed by atoms with Gasteiger partial charge in [-0.25, -0.2) is 0 Å². The van der Waals surface area contributed by atoms with Crippen molar-refractivity contribution in [3.8, 4) is 0 Å². The van der Waals surface area contributed by atoms with Crippen LogP contribution in [0, 0.1) is 0 Å². The number of hydrogen-bond donors (Lipinski definition) is 0. The average Bonchev–Trinajstić information content (AvgIpc) is 1.86. The van der Waals surface area contributed by atoms with Crippen LogP contribution in [0.2, 0.25) is 0 Å². The standard InChI is InChI=1S/C3H3BrNS/c4-3-1-2-5-6-3/h1H,2H2. The number of rotatable bonds is 0. The summed E-state index contributed by atoms with van der Waals surface area (Å²) in [6.45, 7) is 0.866. The van der Waals surface area contributed by atoms with E-state index in [0.717, 1.165) is 10.4 Å². The molecule has 0 aliphatic carbocycles. The Balaban J connectivity index is 2.45. The topological polar surface area (TPSA) is 14.1 Å². The normalized spacial score (nSPS) is 21.2. The van der Waals surface area contributed by atoms with Crippen LogP contribution in [0.5, 0.6) is 0 Å². The predicted molar refractivity (Wildman–Crippen MR) is 31.6 cm³/mol. The molecule has 1 nitrogen and oxygen atoms in total. The van der Waals surface area contributed by atoms with Crippen molar-refractivity contribution in [2.75, 3.05) is 6.54 Å². The molecule has 0 amide bonds. The van der Waals surface area contributed by atoms with Gasteiger partial charge in [0.2, 0.25) is 0 Å². The van der Waals surface area contributed by atoms with E-state index in [1.165, 1.54) is 11.9 Å². The Hall–Kier alpha value is 0.530. The molecule has 0 N–H and O–H groups in total. The van der Waals surface area contributed by atoms with Gasteiger partial charge in [-0.05, 0) is 34.0 Å². The third kappa shape index (κ3) is 0.996. The van der Waals surface area contributed by atoms with E-state index in [2.05, 4.69) is 20.7 Å². The Morgan fingerprint density at radius 3 is 3.00 bits per heavy atom. The van der Waals surface area contributed by atoms with Gasteiger partial charge in [0, 0.05) is 6.54 Å². The lowest BCUT2D eigenvalue weighted by atomic mass is 10.7. The first-order valence-electron chi connectivity index (χ1n) is 1.59. The van der Waals surface area contributed by atoms with Crippen molar-refractivity contribution in [3.63, 3.8) is 0 Å². The molecule has 0 atom stereocenters. The van der Waals surface area contributed by atoms with Crippen LogP contribution in [0.1, 0.15) is 0 Å². The molecule has 0 unspecified atom stereocenters. The Morgan fingerprint density at radius 1 is 2.00 bits per heavy atom. The van der Waals surface area contributed by atoms with Gasteiger partial charge in [0.1, 0.15) is 0 Å². The van der Waals surface area contributed by atoms with E-state index in [-0.39, 0.29) is 0 Å². The highest BCUT2D eigenvalue weighted by molar-refractivity contribution is 9.14. The SMILES string of the molecule is BrC1=CC[N]S1. The zero-order chi connectivity index (χ0) is 4.41. The maximum atomic E-state index is 3.94. The third-order valence-electron chi connectivity index (χ3n) is 0.478. The highest BCUT2D eigenvalue weighted by Gasteiger charge is 1.98. The summed E-state index contributed by atoms with van der Waals surface area (Å²) in [6, 6.07) is 0. The Kier molecular flexibility index (Phi) is 1.56. The summed E-state index contributed by atoms with van der Waals surface area (Å²) in [5.41, 5.74) is 0. The average molecular weight is 165 g/mol. The van der Waals surface area contributed by atoms with E-state index < -0.39 is 0 Å². The van der Waals surface area contributed by atoms with Crippen LogP contribution in [0.25, 0.3) is 0 Å². The molecule has 1 heterocycles. The van der Waals surface area contributed by atoms with Crippen molar-refractivity contribution in [1.29, 1.82) is 0 Å². The maximum Gasteiger partial charge on any atom is 0.0645 e. The second kappa shape index (κ2) is 2.00. The minimum Gasteiger partial charge on any atom is -0.166 e. The van der Waals surface area contributed by atoms with Gasteiger partial charge < -0.3 is 0 Å². The van der Waals surface area contributed by atoms with E-state index in [1.807, 2.05) is 6.08 Å². The Labute approximate surface area is 49.4 Å². The zero-order valence-corrected chi connectivity index (χ0v) is 5.42. The van der Waals surface area contributed by atoms with Gasteiger partial charge in [-0.15, -0.1) is 0 Å². The van der Waals surface area contributed by atoms with E-state index in [0.29, 0.717) is 0 Å². The molecule has 1 aliphatic rings. The van der Waals surface area contributed by atoms with Crippen molar-refractivity contribution in [3.05, 3.63) is 9.89 Å². The fraction of sp³-hybridized carbons (Fsp3) is 0.333. The molecule has 0 spiro atoms. The first-order valence-corrected chi connectivity index (χ1v) is 3.16. The molecule has 3 heteroatoms. The fourth-order valence-corrected chi connectivity index (χ4v) is 1.12. The second-order valence-corrected chi connectivity index (χ2v) is 3.17. The minimum atomic E-state index is 0.866. The van der Waals surface area contributed by atoms with Crippen molar-refractivity contribution in [2.45, 2.75) is 0 Å². The van der Waals surface area contributed by atoms with Crippen LogP contribution in [-0.4, -0.2) is 6.54 Å². The summed E-state index contributed by atoms with van der Waals surface area (Å²) in [6.07, 6.45) is 2.03. The molecule has 1 rings (SSSR count). The first kappa shape index (κ1) is 4.68. The summed E-state index contributed by atoms with van der Waals surface area (Å²) >= 11 is 4.77. The second-order valence-electron chi connectivity index (χ2n) is 0.911. The highest BCUT2D eigenvalue weighted by Crippen LogP contribution is 2.23.